The summed E-state index contributed by atoms with van der Waals surface area (Å²) in [5.74, 6) is 1.15. The summed E-state index contributed by atoms with van der Waals surface area (Å²) in [5, 5.41) is 0. The third-order valence-electron chi connectivity index (χ3n) is 7.86. The zero-order chi connectivity index (χ0) is 34.7. The van der Waals surface area contributed by atoms with Gasteiger partial charge in [0, 0.05) is 12.5 Å². The predicted octanol–water partition coefficient (Wildman–Crippen LogP) is 8.81. The van der Waals surface area contributed by atoms with Gasteiger partial charge in [-0.25, -0.2) is 4.79 Å². The maximum atomic E-state index is 12.9. The van der Waals surface area contributed by atoms with Crippen molar-refractivity contribution in [3.63, 3.8) is 0 Å². The first-order valence-electron chi connectivity index (χ1n) is 16.4. The highest BCUT2D eigenvalue weighted by Crippen LogP contribution is 2.27. The number of carbonyl (C=O) groups is 1. The molecule has 1 aliphatic rings. The first-order chi connectivity index (χ1) is 23.2. The summed E-state index contributed by atoms with van der Waals surface area (Å²) in [6, 6.07) is 15.5. The standard InChI is InChI=1S/C41H52O7/c1-8-11-38-23-31(4)24-39(47-38)25-32(5)26-40(29-45-27-33-14-18-36(43-6)19-15-33)48-41(42)13-10-12-30(3)22-35(9-2)46-28-34-16-20-37(44-7)21-17-34/h8-10,12-21,25,35,38-40H,1-2,4,11,22-24,26-29H2,3,5-7H3/b13-10+,30-12+,32-25+/t35?,38-,39-,40-/m0/s1. The lowest BCUT2D eigenvalue weighted by Gasteiger charge is -2.30. The van der Waals surface area contributed by atoms with Gasteiger partial charge < -0.3 is 28.4 Å². The highest BCUT2D eigenvalue weighted by atomic mass is 16.6. The molecular weight excluding hydrogens is 604 g/mol. The molecule has 3 rings (SSSR count). The van der Waals surface area contributed by atoms with E-state index in [9.17, 15) is 4.79 Å². The highest BCUT2D eigenvalue weighted by molar-refractivity contribution is 5.82. The Labute approximate surface area is 287 Å². The Kier molecular flexibility index (Phi) is 16.7. The van der Waals surface area contributed by atoms with Crippen molar-refractivity contribution in [2.45, 2.75) is 83.6 Å². The Morgan fingerprint density at radius 2 is 1.56 bits per heavy atom. The van der Waals surface area contributed by atoms with Gasteiger partial charge in [-0.05, 0) is 74.9 Å². The van der Waals surface area contributed by atoms with Crippen LogP contribution in [0.15, 0.2) is 121 Å². The molecule has 1 heterocycles. The van der Waals surface area contributed by atoms with E-state index in [4.69, 9.17) is 28.4 Å². The first-order valence-corrected chi connectivity index (χ1v) is 16.4. The van der Waals surface area contributed by atoms with E-state index in [1.807, 2.05) is 74.5 Å². The number of rotatable bonds is 20. The van der Waals surface area contributed by atoms with Gasteiger partial charge in [-0.3, -0.25) is 0 Å². The number of benzene rings is 2. The molecule has 7 heteroatoms. The molecule has 0 N–H and O–H groups in total. The fourth-order valence-corrected chi connectivity index (χ4v) is 5.38. The molecule has 1 fully saturated rings. The first kappa shape index (κ1) is 38.3. The smallest absolute Gasteiger partial charge is 0.331 e. The Balaban J connectivity index is 1.58. The van der Waals surface area contributed by atoms with Crippen LogP contribution in [0.4, 0.5) is 0 Å². The summed E-state index contributed by atoms with van der Waals surface area (Å²) in [6.07, 6.45) is 13.8. The third-order valence-corrected chi connectivity index (χ3v) is 7.86. The molecule has 2 aromatic rings. The van der Waals surface area contributed by atoms with Gasteiger partial charge in [-0.15, -0.1) is 13.2 Å². The molecule has 0 amide bonds. The number of allylic oxidation sites excluding steroid dienone is 2. The Bertz CT molecular complexity index is 1400. The van der Waals surface area contributed by atoms with Gasteiger partial charge in [0.2, 0.25) is 0 Å². The maximum Gasteiger partial charge on any atom is 0.331 e. The van der Waals surface area contributed by atoms with Crippen molar-refractivity contribution < 1.29 is 33.2 Å². The lowest BCUT2D eigenvalue weighted by Crippen LogP contribution is -2.28. The van der Waals surface area contributed by atoms with E-state index < -0.39 is 12.1 Å². The largest absolute Gasteiger partial charge is 0.497 e. The van der Waals surface area contributed by atoms with Crippen LogP contribution in [0.1, 0.15) is 57.1 Å². The molecule has 0 saturated carbocycles. The van der Waals surface area contributed by atoms with E-state index in [1.54, 1.807) is 26.4 Å². The molecular formula is C41H52O7. The number of hydrogen-bond acceptors (Lipinski definition) is 7. The second-order valence-corrected chi connectivity index (χ2v) is 12.1. The molecule has 258 valence electrons. The van der Waals surface area contributed by atoms with Crippen molar-refractivity contribution >= 4 is 5.97 Å². The molecule has 0 aromatic heterocycles. The average Bonchev–Trinajstić information content (AvgIpc) is 3.07. The monoisotopic (exact) mass is 656 g/mol. The lowest BCUT2D eigenvalue weighted by molar-refractivity contribution is -0.146. The molecule has 0 bridgehead atoms. The molecule has 2 aromatic carbocycles. The van der Waals surface area contributed by atoms with Gasteiger partial charge in [-0.1, -0.05) is 77.9 Å². The van der Waals surface area contributed by atoms with Gasteiger partial charge >= 0.3 is 5.97 Å². The second kappa shape index (κ2) is 20.9. The minimum absolute atomic E-state index is 0.0691. The van der Waals surface area contributed by atoms with E-state index >= 15 is 0 Å². The Morgan fingerprint density at radius 1 is 0.917 bits per heavy atom. The molecule has 0 radical (unpaired) electrons. The van der Waals surface area contributed by atoms with Crippen LogP contribution >= 0.6 is 0 Å². The van der Waals surface area contributed by atoms with E-state index in [0.717, 1.165) is 53.0 Å². The number of ether oxygens (including phenoxy) is 6. The van der Waals surface area contributed by atoms with Crippen LogP contribution in [0.25, 0.3) is 0 Å². The van der Waals surface area contributed by atoms with Crippen LogP contribution in [-0.2, 0) is 37.0 Å². The minimum atomic E-state index is -0.478. The summed E-state index contributed by atoms with van der Waals surface area (Å²) >= 11 is 0. The van der Waals surface area contributed by atoms with Gasteiger partial charge in [0.05, 0.1) is 52.4 Å². The van der Waals surface area contributed by atoms with Crippen LogP contribution in [0.5, 0.6) is 11.5 Å². The van der Waals surface area contributed by atoms with E-state index in [1.165, 1.54) is 11.6 Å². The molecule has 0 spiro atoms. The fourth-order valence-electron chi connectivity index (χ4n) is 5.38. The molecule has 7 nitrogen and oxygen atoms in total. The zero-order valence-electron chi connectivity index (χ0n) is 29.0. The van der Waals surface area contributed by atoms with Gasteiger partial charge in [0.15, 0.2) is 0 Å². The predicted molar refractivity (Wildman–Crippen MR) is 192 cm³/mol. The molecule has 1 aliphatic heterocycles. The number of hydrogen-bond donors (Lipinski definition) is 0. The summed E-state index contributed by atoms with van der Waals surface area (Å²) in [6.45, 7) is 17.1. The number of methoxy groups -OCH3 is 2. The second-order valence-electron chi connectivity index (χ2n) is 12.1. The van der Waals surface area contributed by atoms with Crippen LogP contribution in [0, 0.1) is 0 Å². The Morgan fingerprint density at radius 3 is 2.17 bits per heavy atom. The molecule has 1 saturated heterocycles. The summed E-state index contributed by atoms with van der Waals surface area (Å²) in [7, 11) is 3.28. The van der Waals surface area contributed by atoms with Crippen molar-refractivity contribution in [2.24, 2.45) is 0 Å². The quantitative estimate of drug-likeness (QED) is 0.0610. The lowest BCUT2D eigenvalue weighted by atomic mass is 9.95. The van der Waals surface area contributed by atoms with Gasteiger partial charge in [0.1, 0.15) is 17.6 Å². The summed E-state index contributed by atoms with van der Waals surface area (Å²) in [5.41, 5.74) is 5.32. The van der Waals surface area contributed by atoms with Crippen LogP contribution in [0.3, 0.4) is 0 Å². The molecule has 0 aliphatic carbocycles. The highest BCUT2D eigenvalue weighted by Gasteiger charge is 2.23. The zero-order valence-corrected chi connectivity index (χ0v) is 29.0. The van der Waals surface area contributed by atoms with Crippen molar-refractivity contribution in [3.8, 4) is 11.5 Å². The minimum Gasteiger partial charge on any atom is -0.497 e. The molecule has 4 atom stereocenters. The van der Waals surface area contributed by atoms with Gasteiger partial charge in [-0.2, -0.15) is 0 Å². The molecule has 1 unspecified atom stereocenters. The van der Waals surface area contributed by atoms with Crippen molar-refractivity contribution in [1.82, 2.24) is 0 Å². The van der Waals surface area contributed by atoms with Crippen LogP contribution < -0.4 is 9.47 Å². The Hall–Kier alpha value is -4.17. The summed E-state index contributed by atoms with van der Waals surface area (Å²) in [4.78, 5) is 12.9. The van der Waals surface area contributed by atoms with Gasteiger partial charge in [0.25, 0.3) is 0 Å². The summed E-state index contributed by atoms with van der Waals surface area (Å²) < 4.78 is 34.7. The van der Waals surface area contributed by atoms with E-state index in [-0.39, 0.29) is 24.9 Å². The fraction of sp³-hybridized carbons (Fsp3) is 0.390. The normalized spacial score (nSPS) is 18.3. The van der Waals surface area contributed by atoms with Crippen molar-refractivity contribution in [3.05, 3.63) is 133 Å². The van der Waals surface area contributed by atoms with E-state index in [0.29, 0.717) is 26.1 Å². The van der Waals surface area contributed by atoms with Crippen LogP contribution in [0.2, 0.25) is 0 Å². The average molecular weight is 657 g/mol. The van der Waals surface area contributed by atoms with Crippen molar-refractivity contribution in [1.29, 1.82) is 0 Å². The van der Waals surface area contributed by atoms with Crippen molar-refractivity contribution in [2.75, 3.05) is 20.8 Å². The number of esters is 1. The molecule has 48 heavy (non-hydrogen) atoms. The third kappa shape index (κ3) is 14.3. The number of carbonyl (C=O) groups excluding carboxylic acids is 1. The van der Waals surface area contributed by atoms with E-state index in [2.05, 4.69) is 25.8 Å². The SMILES string of the molecule is C=CC[C@H]1CC(=C)C[C@@H](/C=C(\C)C[C@@H](COCc2ccc(OC)cc2)OC(=O)/C=C/C=C(\C)CC(C=C)OCc2ccc(OC)cc2)O1. The topological polar surface area (TPSA) is 72.5 Å². The van der Waals surface area contributed by atoms with Crippen LogP contribution in [-0.4, -0.2) is 51.2 Å². The maximum absolute atomic E-state index is 12.9.